The zero-order valence-electron chi connectivity index (χ0n) is 24.9. The second-order valence-electron chi connectivity index (χ2n) is 12.1. The van der Waals surface area contributed by atoms with Crippen LogP contribution in [-0.2, 0) is 6.42 Å². The first kappa shape index (κ1) is 25.1. The molecule has 0 bridgehead atoms. The monoisotopic (exact) mass is 561 g/mol. The molecule has 1 aromatic heterocycles. The maximum absolute atomic E-state index is 2.40. The second kappa shape index (κ2) is 9.56. The van der Waals surface area contributed by atoms with Gasteiger partial charge in [0, 0.05) is 16.5 Å². The highest BCUT2D eigenvalue weighted by molar-refractivity contribution is 6.27. The van der Waals surface area contributed by atoms with E-state index < -0.39 is 0 Å². The Balaban J connectivity index is 1.21. The van der Waals surface area contributed by atoms with E-state index in [1.807, 2.05) is 0 Å². The summed E-state index contributed by atoms with van der Waals surface area (Å²) in [6.45, 7) is 4.38. The SMILES string of the molecule is CCc1ccc(-c2ccc3ccc4c(-c5ccc(-n6c7ccccc7c7cc(C)ccc76)cc5)ccc5ccc2c3c54)cc1. The Morgan fingerprint density at radius 2 is 1.05 bits per heavy atom. The Labute approximate surface area is 257 Å². The largest absolute Gasteiger partial charge is 0.309 e. The van der Waals surface area contributed by atoms with Gasteiger partial charge in [-0.3, -0.25) is 0 Å². The molecule has 0 saturated carbocycles. The maximum Gasteiger partial charge on any atom is 0.0541 e. The van der Waals surface area contributed by atoms with Crippen LogP contribution in [0.4, 0.5) is 0 Å². The molecule has 0 fully saturated rings. The summed E-state index contributed by atoms with van der Waals surface area (Å²) in [5.74, 6) is 0. The van der Waals surface area contributed by atoms with Crippen LogP contribution in [0.5, 0.6) is 0 Å². The van der Waals surface area contributed by atoms with Crippen LogP contribution in [0, 0.1) is 6.92 Å². The molecule has 44 heavy (non-hydrogen) atoms. The highest BCUT2D eigenvalue weighted by Crippen LogP contribution is 2.42. The van der Waals surface area contributed by atoms with Crippen molar-refractivity contribution in [1.82, 2.24) is 4.57 Å². The number of fused-ring (bicyclic) bond motifs is 3. The first-order chi connectivity index (χ1) is 21.7. The number of aryl methyl sites for hydroxylation is 2. The van der Waals surface area contributed by atoms with Crippen molar-refractivity contribution in [2.75, 3.05) is 0 Å². The average Bonchev–Trinajstić information content (AvgIpc) is 3.40. The van der Waals surface area contributed by atoms with Gasteiger partial charge in [-0.1, -0.05) is 122 Å². The molecule has 1 nitrogen and oxygen atoms in total. The van der Waals surface area contributed by atoms with Gasteiger partial charge >= 0.3 is 0 Å². The van der Waals surface area contributed by atoms with Crippen LogP contribution in [0.3, 0.4) is 0 Å². The lowest BCUT2D eigenvalue weighted by molar-refractivity contribution is 1.14. The molecule has 0 saturated heterocycles. The van der Waals surface area contributed by atoms with Crippen molar-refractivity contribution in [3.63, 3.8) is 0 Å². The van der Waals surface area contributed by atoms with E-state index in [9.17, 15) is 0 Å². The Bertz CT molecular complexity index is 2510. The van der Waals surface area contributed by atoms with Crippen molar-refractivity contribution in [2.24, 2.45) is 0 Å². The van der Waals surface area contributed by atoms with Crippen LogP contribution in [0.15, 0.2) is 140 Å². The molecule has 0 unspecified atom stereocenters. The smallest absolute Gasteiger partial charge is 0.0541 e. The third kappa shape index (κ3) is 3.66. The zero-order valence-corrected chi connectivity index (χ0v) is 24.9. The highest BCUT2D eigenvalue weighted by atomic mass is 15.0. The van der Waals surface area contributed by atoms with E-state index in [-0.39, 0.29) is 0 Å². The van der Waals surface area contributed by atoms with Crippen molar-refractivity contribution >= 4 is 54.1 Å². The summed E-state index contributed by atoms with van der Waals surface area (Å²) in [6, 6.07) is 52.1. The Kier molecular flexibility index (Phi) is 5.46. The molecule has 1 heterocycles. The molecule has 0 radical (unpaired) electrons. The van der Waals surface area contributed by atoms with Gasteiger partial charge in [-0.25, -0.2) is 0 Å². The molecular formula is C43H31N. The fourth-order valence-corrected chi connectivity index (χ4v) is 7.38. The van der Waals surface area contributed by atoms with Gasteiger partial charge in [-0.05, 0) is 104 Å². The average molecular weight is 562 g/mol. The first-order valence-electron chi connectivity index (χ1n) is 15.6. The number of para-hydroxylation sites is 1. The molecule has 0 amide bonds. The zero-order chi connectivity index (χ0) is 29.4. The fraction of sp³-hybridized carbons (Fsp3) is 0.0698. The second-order valence-corrected chi connectivity index (χ2v) is 12.1. The Hall–Kier alpha value is -5.40. The van der Waals surface area contributed by atoms with Crippen molar-refractivity contribution in [3.8, 4) is 27.9 Å². The third-order valence-corrected chi connectivity index (χ3v) is 9.60. The van der Waals surface area contributed by atoms with Crippen molar-refractivity contribution in [1.29, 1.82) is 0 Å². The van der Waals surface area contributed by atoms with E-state index >= 15 is 0 Å². The molecule has 0 aliphatic heterocycles. The summed E-state index contributed by atoms with van der Waals surface area (Å²) >= 11 is 0. The van der Waals surface area contributed by atoms with Gasteiger partial charge in [-0.15, -0.1) is 0 Å². The summed E-state index contributed by atoms with van der Waals surface area (Å²) in [5, 5.41) is 10.5. The summed E-state index contributed by atoms with van der Waals surface area (Å²) in [7, 11) is 0. The molecule has 0 N–H and O–H groups in total. The van der Waals surface area contributed by atoms with Gasteiger partial charge in [0.05, 0.1) is 11.0 Å². The molecule has 9 aromatic rings. The van der Waals surface area contributed by atoms with Crippen LogP contribution < -0.4 is 0 Å². The van der Waals surface area contributed by atoms with Gasteiger partial charge in [0.15, 0.2) is 0 Å². The normalized spacial score (nSPS) is 12.0. The molecule has 0 spiro atoms. The van der Waals surface area contributed by atoms with Crippen molar-refractivity contribution < 1.29 is 0 Å². The van der Waals surface area contributed by atoms with Crippen LogP contribution in [-0.4, -0.2) is 4.57 Å². The summed E-state index contributed by atoms with van der Waals surface area (Å²) < 4.78 is 2.40. The number of aromatic nitrogens is 1. The van der Waals surface area contributed by atoms with Crippen LogP contribution in [0.2, 0.25) is 0 Å². The van der Waals surface area contributed by atoms with E-state index in [0.29, 0.717) is 0 Å². The quantitative estimate of drug-likeness (QED) is 0.188. The lowest BCUT2D eigenvalue weighted by atomic mass is 9.87. The highest BCUT2D eigenvalue weighted by Gasteiger charge is 2.16. The minimum absolute atomic E-state index is 1.06. The van der Waals surface area contributed by atoms with E-state index in [0.717, 1.165) is 6.42 Å². The third-order valence-electron chi connectivity index (χ3n) is 9.60. The number of rotatable bonds is 4. The van der Waals surface area contributed by atoms with E-state index in [4.69, 9.17) is 0 Å². The number of hydrogen-bond acceptors (Lipinski definition) is 0. The van der Waals surface area contributed by atoms with Crippen LogP contribution in [0.25, 0.3) is 82.1 Å². The Morgan fingerprint density at radius 1 is 0.477 bits per heavy atom. The lowest BCUT2D eigenvalue weighted by Gasteiger charge is -2.17. The minimum Gasteiger partial charge on any atom is -0.309 e. The topological polar surface area (TPSA) is 4.93 Å². The Morgan fingerprint density at radius 3 is 1.68 bits per heavy atom. The fourth-order valence-electron chi connectivity index (χ4n) is 7.38. The molecule has 208 valence electrons. The van der Waals surface area contributed by atoms with Crippen molar-refractivity contribution in [2.45, 2.75) is 20.3 Å². The van der Waals surface area contributed by atoms with Gasteiger partial charge in [-0.2, -0.15) is 0 Å². The summed E-state index contributed by atoms with van der Waals surface area (Å²) in [6.07, 6.45) is 1.06. The first-order valence-corrected chi connectivity index (χ1v) is 15.6. The molecule has 0 atom stereocenters. The number of nitrogens with zero attached hydrogens (tertiary/aromatic N) is 1. The molecular weight excluding hydrogens is 530 g/mol. The predicted octanol–water partition coefficient (Wildman–Crippen LogP) is 11.9. The van der Waals surface area contributed by atoms with Gasteiger partial charge in [0.1, 0.15) is 0 Å². The minimum atomic E-state index is 1.06. The van der Waals surface area contributed by atoms with Gasteiger partial charge < -0.3 is 4.57 Å². The predicted molar refractivity (Wildman–Crippen MR) is 189 cm³/mol. The molecule has 9 rings (SSSR count). The molecule has 0 aliphatic carbocycles. The molecule has 0 aliphatic rings. The molecule has 8 aromatic carbocycles. The van der Waals surface area contributed by atoms with Crippen LogP contribution >= 0.6 is 0 Å². The van der Waals surface area contributed by atoms with E-state index in [2.05, 4.69) is 158 Å². The van der Waals surface area contributed by atoms with Crippen molar-refractivity contribution in [3.05, 3.63) is 151 Å². The van der Waals surface area contributed by atoms with Gasteiger partial charge in [0.2, 0.25) is 0 Å². The van der Waals surface area contributed by atoms with Crippen LogP contribution in [0.1, 0.15) is 18.1 Å². The standard InChI is InChI=1S/C43H31N/c1-3-28-9-11-29(12-10-28)34-21-15-31-18-24-38-35(22-16-32-17-23-37(34)42(31)43(32)38)30-13-19-33(20-14-30)44-40-7-5-4-6-36(40)39-26-27(2)8-25-41(39)44/h4-26H,3H2,1-2H3. The lowest BCUT2D eigenvalue weighted by Crippen LogP contribution is -1.94. The summed E-state index contributed by atoms with van der Waals surface area (Å²) in [4.78, 5) is 0. The van der Waals surface area contributed by atoms with E-state index in [1.165, 1.54) is 93.2 Å². The van der Waals surface area contributed by atoms with Gasteiger partial charge in [0.25, 0.3) is 0 Å². The molecule has 1 heteroatoms. The van der Waals surface area contributed by atoms with E-state index in [1.54, 1.807) is 0 Å². The summed E-state index contributed by atoms with van der Waals surface area (Å²) in [5.41, 5.74) is 11.4. The number of hydrogen-bond donors (Lipinski definition) is 0. The number of benzene rings is 8. The maximum atomic E-state index is 2.40.